The van der Waals surface area contributed by atoms with Crippen LogP contribution in [0.25, 0.3) is 0 Å². The second-order valence-electron chi connectivity index (χ2n) is 4.57. The Morgan fingerprint density at radius 1 is 1.43 bits per heavy atom. The summed E-state index contributed by atoms with van der Waals surface area (Å²) in [5.74, 6) is 1.87. The van der Waals surface area contributed by atoms with Gasteiger partial charge in [0, 0.05) is 0 Å². The molecule has 4 atom stereocenters. The van der Waals surface area contributed by atoms with Gasteiger partial charge in [-0.05, 0) is 0 Å². The summed E-state index contributed by atoms with van der Waals surface area (Å²) in [4.78, 5) is 0. The zero-order valence-electron chi connectivity index (χ0n) is 9.80. The van der Waals surface area contributed by atoms with Gasteiger partial charge in [0.15, 0.2) is 0 Å². The van der Waals surface area contributed by atoms with Crippen molar-refractivity contribution in [3.63, 3.8) is 0 Å². The number of halogens is 1. The van der Waals surface area contributed by atoms with Crippen molar-refractivity contribution >= 4 is 0 Å². The van der Waals surface area contributed by atoms with Crippen LogP contribution in [-0.2, 0) is 0 Å². The zero-order valence-corrected chi connectivity index (χ0v) is 12.0. The molecule has 0 aromatic heterocycles. The summed E-state index contributed by atoms with van der Waals surface area (Å²) in [7, 11) is 0. The van der Waals surface area contributed by atoms with Crippen LogP contribution in [0.3, 0.4) is 0 Å². The summed E-state index contributed by atoms with van der Waals surface area (Å²) in [6.07, 6.45) is 7.95. The van der Waals surface area contributed by atoms with E-state index in [2.05, 4.69) is 33.4 Å². The Balaban J connectivity index is 2.46. The van der Waals surface area contributed by atoms with E-state index in [1.165, 1.54) is 25.7 Å². The first kappa shape index (κ1) is 12.5. The molecule has 14 heavy (non-hydrogen) atoms. The van der Waals surface area contributed by atoms with Gasteiger partial charge >= 0.3 is 100.0 Å². The second-order valence-corrected chi connectivity index (χ2v) is 8.49. The van der Waals surface area contributed by atoms with Gasteiger partial charge in [0.25, 0.3) is 0 Å². The monoisotopic (exact) mass is 307 g/mol. The quantitative estimate of drug-likeness (QED) is 0.411. The van der Waals surface area contributed by atoms with Gasteiger partial charge in [-0.25, -0.2) is 0 Å². The second kappa shape index (κ2) is 6.14. The van der Waals surface area contributed by atoms with Crippen molar-refractivity contribution in [1.82, 2.24) is 0 Å². The summed E-state index contributed by atoms with van der Waals surface area (Å²) in [5, 5.41) is 0. The molecule has 0 nitrogen and oxygen atoms in total. The molecule has 1 rings (SSSR count). The standard InChI is InChI=1S/C13H24I/c1-5-10(3)11(4)13-9-7-8-12(6-2)14-13/h6,10-13H,2,5,7-9H2,1,3-4H3/q-1/t10-,11-,12?,13-/m1/s1. The molecule has 0 aromatic rings. The van der Waals surface area contributed by atoms with E-state index in [-0.39, 0.29) is 0 Å². The molecule has 1 unspecified atom stereocenters. The van der Waals surface area contributed by atoms with E-state index >= 15 is 0 Å². The molecule has 1 fully saturated rings. The summed E-state index contributed by atoms with van der Waals surface area (Å²) < 4.78 is 1.99. The fraction of sp³-hybridized carbons (Fsp3) is 0.846. The minimum absolute atomic E-state index is 0.385. The first-order chi connectivity index (χ1) is 6.69. The van der Waals surface area contributed by atoms with Crippen LogP contribution >= 0.6 is 0 Å². The topological polar surface area (TPSA) is 0 Å². The maximum absolute atomic E-state index is 3.97. The van der Waals surface area contributed by atoms with Gasteiger partial charge in [0.2, 0.25) is 0 Å². The molecule has 0 spiro atoms. The molecule has 1 aliphatic rings. The normalized spacial score (nSPS) is 32.8. The van der Waals surface area contributed by atoms with Crippen molar-refractivity contribution in [2.45, 2.75) is 54.3 Å². The Morgan fingerprint density at radius 2 is 2.14 bits per heavy atom. The zero-order chi connectivity index (χ0) is 10.6. The average Bonchev–Trinajstić information content (AvgIpc) is 2.27. The van der Waals surface area contributed by atoms with Crippen LogP contribution in [-0.4, -0.2) is 7.85 Å². The molecule has 0 aliphatic carbocycles. The maximum atomic E-state index is 3.97. The van der Waals surface area contributed by atoms with Crippen molar-refractivity contribution < 1.29 is 21.2 Å². The fourth-order valence-corrected chi connectivity index (χ4v) is 6.56. The van der Waals surface area contributed by atoms with E-state index in [0.29, 0.717) is 21.2 Å². The van der Waals surface area contributed by atoms with Gasteiger partial charge in [0.1, 0.15) is 0 Å². The first-order valence-electron chi connectivity index (χ1n) is 5.93. The number of hydrogen-bond donors (Lipinski definition) is 0. The van der Waals surface area contributed by atoms with Crippen LogP contribution in [0.5, 0.6) is 0 Å². The van der Waals surface area contributed by atoms with E-state index in [1.54, 1.807) is 0 Å². The molecule has 0 aromatic carbocycles. The van der Waals surface area contributed by atoms with E-state index in [4.69, 9.17) is 0 Å². The summed E-state index contributed by atoms with van der Waals surface area (Å²) in [6.45, 7) is 11.2. The van der Waals surface area contributed by atoms with Crippen molar-refractivity contribution in [2.75, 3.05) is 0 Å². The van der Waals surface area contributed by atoms with Gasteiger partial charge in [-0.15, -0.1) is 0 Å². The SMILES string of the molecule is C=CC1CCC[C@H]([C@H](C)[C@H](C)CC)[I-]1. The van der Waals surface area contributed by atoms with Crippen molar-refractivity contribution in [1.29, 1.82) is 0 Å². The number of allylic oxidation sites excluding steroid dienone is 1. The molecule has 0 bridgehead atoms. The minimum atomic E-state index is 0.385. The molecule has 1 saturated heterocycles. The van der Waals surface area contributed by atoms with E-state index in [1.807, 2.05) is 0 Å². The van der Waals surface area contributed by atoms with Gasteiger partial charge < -0.3 is 0 Å². The molecular formula is C13H24I-. The van der Waals surface area contributed by atoms with Gasteiger partial charge in [-0.1, -0.05) is 0 Å². The van der Waals surface area contributed by atoms with E-state index < -0.39 is 0 Å². The Hall–Kier alpha value is 0.470. The Labute approximate surface area is 99.8 Å². The van der Waals surface area contributed by atoms with Crippen molar-refractivity contribution in [2.24, 2.45) is 11.8 Å². The van der Waals surface area contributed by atoms with Crippen LogP contribution in [0.2, 0.25) is 0 Å². The number of rotatable bonds is 4. The third-order valence-corrected chi connectivity index (χ3v) is 8.39. The molecular weight excluding hydrogens is 283 g/mol. The summed E-state index contributed by atoms with van der Waals surface area (Å²) >= 11 is 0.385. The van der Waals surface area contributed by atoms with Gasteiger partial charge in [-0.2, -0.15) is 0 Å². The molecule has 1 aliphatic heterocycles. The number of alkyl halides is 2. The van der Waals surface area contributed by atoms with Crippen molar-refractivity contribution in [3.05, 3.63) is 12.7 Å². The Morgan fingerprint density at radius 3 is 2.71 bits per heavy atom. The average molecular weight is 307 g/mol. The summed E-state index contributed by atoms with van der Waals surface area (Å²) in [6, 6.07) is 0. The summed E-state index contributed by atoms with van der Waals surface area (Å²) in [5.41, 5.74) is 0. The van der Waals surface area contributed by atoms with Crippen LogP contribution < -0.4 is 21.2 Å². The predicted octanol–water partition coefficient (Wildman–Crippen LogP) is 0.865. The number of hydrogen-bond acceptors (Lipinski definition) is 0. The first-order valence-corrected chi connectivity index (χ1v) is 8.42. The Bertz CT molecular complexity index is 176. The van der Waals surface area contributed by atoms with Gasteiger partial charge in [-0.3, -0.25) is 0 Å². The van der Waals surface area contributed by atoms with E-state index in [0.717, 1.165) is 19.7 Å². The molecule has 1 heterocycles. The van der Waals surface area contributed by atoms with Gasteiger partial charge in [0.05, 0.1) is 0 Å². The molecule has 84 valence electrons. The molecule has 0 radical (unpaired) electrons. The van der Waals surface area contributed by atoms with E-state index in [9.17, 15) is 0 Å². The molecule has 0 amide bonds. The van der Waals surface area contributed by atoms with Crippen molar-refractivity contribution in [3.8, 4) is 0 Å². The molecule has 1 heteroatoms. The Kier molecular flexibility index (Phi) is 5.50. The van der Waals surface area contributed by atoms with Crippen LogP contribution in [0.1, 0.15) is 46.5 Å². The molecule has 0 N–H and O–H groups in total. The third-order valence-electron chi connectivity index (χ3n) is 3.65. The van der Waals surface area contributed by atoms with Crippen LogP contribution in [0.4, 0.5) is 0 Å². The fourth-order valence-electron chi connectivity index (χ4n) is 2.12. The van der Waals surface area contributed by atoms with Crippen LogP contribution in [0.15, 0.2) is 12.7 Å². The predicted molar refractivity (Wildman–Crippen MR) is 60.2 cm³/mol. The third kappa shape index (κ3) is 3.25. The molecule has 0 saturated carbocycles. The van der Waals surface area contributed by atoms with Crippen LogP contribution in [0, 0.1) is 11.8 Å².